The van der Waals surface area contributed by atoms with Crippen molar-refractivity contribution in [3.05, 3.63) is 41.6 Å². The molecule has 22 heavy (non-hydrogen) atoms. The lowest BCUT2D eigenvalue weighted by Gasteiger charge is -2.28. The highest BCUT2D eigenvalue weighted by molar-refractivity contribution is 7.80. The van der Waals surface area contributed by atoms with Crippen molar-refractivity contribution in [3.8, 4) is 0 Å². The molecule has 0 unspecified atom stereocenters. The van der Waals surface area contributed by atoms with Crippen LogP contribution in [0.15, 0.2) is 30.3 Å². The van der Waals surface area contributed by atoms with E-state index < -0.39 is 0 Å². The van der Waals surface area contributed by atoms with Gasteiger partial charge in [0.1, 0.15) is 0 Å². The van der Waals surface area contributed by atoms with Crippen LogP contribution in [0.1, 0.15) is 30.5 Å². The number of hydrogen-bond acceptors (Lipinski definition) is 3. The Morgan fingerprint density at radius 2 is 1.77 bits per heavy atom. The number of fused-ring (bicyclic) bond motifs is 2. The van der Waals surface area contributed by atoms with Gasteiger partial charge in [-0.05, 0) is 30.5 Å². The summed E-state index contributed by atoms with van der Waals surface area (Å²) in [6.07, 6.45) is 3.13. The molecular formula is C16H18ClN3S2. The van der Waals surface area contributed by atoms with Gasteiger partial charge in [0.2, 0.25) is 0 Å². The second kappa shape index (κ2) is 6.44. The first kappa shape index (κ1) is 17.1. The summed E-state index contributed by atoms with van der Waals surface area (Å²) in [5.41, 5.74) is 14.7. The van der Waals surface area contributed by atoms with Gasteiger partial charge in [-0.1, -0.05) is 42.6 Å². The Bertz CT molecular complexity index is 729. The fourth-order valence-corrected chi connectivity index (χ4v) is 3.93. The number of rotatable bonds is 4. The van der Waals surface area contributed by atoms with Gasteiger partial charge in [-0.15, -0.1) is 12.4 Å². The summed E-state index contributed by atoms with van der Waals surface area (Å²) in [5, 5.41) is 1.16. The largest absolute Gasteiger partial charge is 0.393 e. The van der Waals surface area contributed by atoms with E-state index in [1.165, 1.54) is 5.56 Å². The van der Waals surface area contributed by atoms with E-state index in [0.717, 1.165) is 29.4 Å². The number of thiocarbonyl (C=S) groups is 2. The normalized spacial score (nSPS) is 15.1. The van der Waals surface area contributed by atoms with Gasteiger partial charge in [-0.3, -0.25) is 4.98 Å². The van der Waals surface area contributed by atoms with E-state index in [1.807, 2.05) is 18.2 Å². The predicted octanol–water partition coefficient (Wildman–Crippen LogP) is 3.19. The highest BCUT2D eigenvalue weighted by atomic mass is 35.5. The van der Waals surface area contributed by atoms with E-state index >= 15 is 0 Å². The molecule has 0 saturated heterocycles. The van der Waals surface area contributed by atoms with Crippen LogP contribution in [0.2, 0.25) is 0 Å². The molecule has 2 aromatic rings. The Labute approximate surface area is 146 Å². The standard InChI is InChI=1S/C16H17N3S2.ClH/c17-13(20)8-16(9-14(18)21)6-5-11-7-10-3-1-2-4-12(10)19-15(11)16;/h1-4,7H,5-6,8-9H2,(H2,17,20)(H2,18,21);1H. The Morgan fingerprint density at radius 3 is 2.41 bits per heavy atom. The lowest BCUT2D eigenvalue weighted by Crippen LogP contribution is -2.34. The second-order valence-electron chi connectivity index (χ2n) is 5.76. The summed E-state index contributed by atoms with van der Waals surface area (Å²) in [4.78, 5) is 5.87. The van der Waals surface area contributed by atoms with Crippen LogP contribution in [-0.4, -0.2) is 15.0 Å². The number of pyridine rings is 1. The molecule has 0 saturated carbocycles. The van der Waals surface area contributed by atoms with Crippen LogP contribution < -0.4 is 11.5 Å². The summed E-state index contributed by atoms with van der Waals surface area (Å²) >= 11 is 10.3. The van der Waals surface area contributed by atoms with Crippen LogP contribution in [-0.2, 0) is 11.8 Å². The summed E-state index contributed by atoms with van der Waals surface area (Å²) < 4.78 is 0. The summed E-state index contributed by atoms with van der Waals surface area (Å²) in [5.74, 6) is 0. The SMILES string of the molecule is Cl.NC(=S)CC1(CC(N)=S)CCc2cc3ccccc3nc21. The smallest absolute Gasteiger partial charge is 0.0737 e. The van der Waals surface area contributed by atoms with Crippen molar-refractivity contribution >= 4 is 57.7 Å². The average molecular weight is 352 g/mol. The third kappa shape index (κ3) is 3.07. The zero-order valence-electron chi connectivity index (χ0n) is 12.0. The first-order chi connectivity index (χ1) is 10.00. The van der Waals surface area contributed by atoms with Crippen LogP contribution in [0.3, 0.4) is 0 Å². The average Bonchev–Trinajstić information content (AvgIpc) is 2.73. The van der Waals surface area contributed by atoms with Gasteiger partial charge >= 0.3 is 0 Å². The maximum atomic E-state index is 5.82. The Morgan fingerprint density at radius 1 is 1.14 bits per heavy atom. The fraction of sp³-hybridized carbons (Fsp3) is 0.312. The molecule has 0 bridgehead atoms. The summed E-state index contributed by atoms with van der Waals surface area (Å²) in [6.45, 7) is 0. The quantitative estimate of drug-likeness (QED) is 0.828. The third-order valence-electron chi connectivity index (χ3n) is 4.20. The molecule has 116 valence electrons. The zero-order valence-corrected chi connectivity index (χ0v) is 14.5. The molecule has 3 rings (SSSR count). The van der Waals surface area contributed by atoms with E-state index in [4.69, 9.17) is 40.9 Å². The first-order valence-electron chi connectivity index (χ1n) is 6.96. The molecule has 4 N–H and O–H groups in total. The lowest BCUT2D eigenvalue weighted by molar-refractivity contribution is 0.449. The van der Waals surface area contributed by atoms with Crippen LogP contribution in [0, 0.1) is 0 Å². The molecule has 1 aromatic heterocycles. The van der Waals surface area contributed by atoms with Crippen LogP contribution >= 0.6 is 36.8 Å². The van der Waals surface area contributed by atoms with E-state index in [0.29, 0.717) is 22.8 Å². The van der Waals surface area contributed by atoms with Gasteiger partial charge in [0.15, 0.2) is 0 Å². The molecule has 1 aliphatic rings. The topological polar surface area (TPSA) is 64.9 Å². The zero-order chi connectivity index (χ0) is 15.0. The first-order valence-corrected chi connectivity index (χ1v) is 7.78. The number of para-hydroxylation sites is 1. The van der Waals surface area contributed by atoms with Crippen molar-refractivity contribution in [1.82, 2.24) is 4.98 Å². The van der Waals surface area contributed by atoms with Gasteiger partial charge < -0.3 is 11.5 Å². The highest BCUT2D eigenvalue weighted by Gasteiger charge is 2.41. The molecule has 6 heteroatoms. The number of nitrogens with zero attached hydrogens (tertiary/aromatic N) is 1. The van der Waals surface area contributed by atoms with E-state index in [9.17, 15) is 0 Å². The molecule has 1 aliphatic carbocycles. The minimum Gasteiger partial charge on any atom is -0.393 e. The van der Waals surface area contributed by atoms with E-state index in [1.54, 1.807) is 0 Å². The lowest BCUT2D eigenvalue weighted by atomic mass is 9.78. The predicted molar refractivity (Wildman–Crippen MR) is 102 cm³/mol. The third-order valence-corrected chi connectivity index (χ3v) is 4.49. The van der Waals surface area contributed by atoms with Crippen molar-refractivity contribution in [3.63, 3.8) is 0 Å². The second-order valence-corrected chi connectivity index (χ2v) is 6.80. The maximum Gasteiger partial charge on any atom is 0.0737 e. The number of aryl methyl sites for hydroxylation is 1. The minimum absolute atomic E-state index is 0. The van der Waals surface area contributed by atoms with Crippen molar-refractivity contribution in [2.75, 3.05) is 0 Å². The molecule has 0 radical (unpaired) electrons. The summed E-state index contributed by atoms with van der Waals surface area (Å²) in [7, 11) is 0. The van der Waals surface area contributed by atoms with Crippen molar-refractivity contribution in [1.29, 1.82) is 0 Å². The molecule has 0 amide bonds. The Kier molecular flexibility index (Phi) is 5.00. The van der Waals surface area contributed by atoms with Gasteiger partial charge in [0.25, 0.3) is 0 Å². The van der Waals surface area contributed by atoms with Gasteiger partial charge in [-0.25, -0.2) is 0 Å². The number of halogens is 1. The highest BCUT2D eigenvalue weighted by Crippen LogP contribution is 2.44. The molecule has 0 spiro atoms. The van der Waals surface area contributed by atoms with Crippen LogP contribution in [0.4, 0.5) is 0 Å². The molecule has 0 aliphatic heterocycles. The van der Waals surface area contributed by atoms with Crippen LogP contribution in [0.25, 0.3) is 10.9 Å². The molecule has 0 atom stereocenters. The van der Waals surface area contributed by atoms with Crippen molar-refractivity contribution in [2.45, 2.75) is 31.1 Å². The monoisotopic (exact) mass is 351 g/mol. The summed E-state index contributed by atoms with van der Waals surface area (Å²) in [6, 6.07) is 10.4. The maximum absolute atomic E-state index is 5.82. The van der Waals surface area contributed by atoms with Crippen molar-refractivity contribution < 1.29 is 0 Å². The molecule has 0 fully saturated rings. The molecule has 3 nitrogen and oxygen atoms in total. The number of aromatic nitrogens is 1. The van der Waals surface area contributed by atoms with E-state index in [2.05, 4.69) is 12.1 Å². The molecule has 1 heterocycles. The van der Waals surface area contributed by atoms with Gasteiger partial charge in [-0.2, -0.15) is 0 Å². The van der Waals surface area contributed by atoms with E-state index in [-0.39, 0.29) is 17.8 Å². The number of benzene rings is 1. The molecule has 1 aromatic carbocycles. The molecular weight excluding hydrogens is 334 g/mol. The van der Waals surface area contributed by atoms with Gasteiger partial charge in [0, 0.05) is 23.6 Å². The van der Waals surface area contributed by atoms with Gasteiger partial charge in [0.05, 0.1) is 21.2 Å². The fourth-order valence-electron chi connectivity index (χ4n) is 3.38. The number of nitrogens with two attached hydrogens (primary N) is 2. The minimum atomic E-state index is -0.225. The van der Waals surface area contributed by atoms with Crippen LogP contribution in [0.5, 0.6) is 0 Å². The Balaban J connectivity index is 0.00000176. The van der Waals surface area contributed by atoms with Crippen molar-refractivity contribution in [2.24, 2.45) is 11.5 Å². The number of hydrogen-bond donors (Lipinski definition) is 2. The Hall–Kier alpha value is -1.30.